The van der Waals surface area contributed by atoms with E-state index in [2.05, 4.69) is 31.4 Å². The second kappa shape index (κ2) is 7.48. The minimum atomic E-state index is -0.0739. The Bertz CT molecular complexity index is 746. The molecule has 0 bridgehead atoms. The third kappa shape index (κ3) is 4.05. The van der Waals surface area contributed by atoms with Crippen LogP contribution < -0.4 is 14.8 Å². The number of benzene rings is 1. The second-order valence-electron chi connectivity index (χ2n) is 5.57. The minimum Gasteiger partial charge on any atom is -0.493 e. The molecule has 0 atom stereocenters. The zero-order valence-corrected chi connectivity index (χ0v) is 15.9. The Hall–Kier alpha value is -1.67. The summed E-state index contributed by atoms with van der Waals surface area (Å²) in [6.45, 7) is 0. The predicted molar refractivity (Wildman–Crippen MR) is 96.1 cm³/mol. The molecule has 1 N–H and O–H groups in total. The third-order valence-electron chi connectivity index (χ3n) is 3.79. The first kappa shape index (κ1) is 17.2. The summed E-state index contributed by atoms with van der Waals surface area (Å²) in [5, 5.41) is 12.6. The number of nitrogens with zero attached hydrogens (tertiary/aromatic N) is 2. The number of hydrogen-bond acceptors (Lipinski definition) is 6. The van der Waals surface area contributed by atoms with Crippen LogP contribution in [0.25, 0.3) is 0 Å². The van der Waals surface area contributed by atoms with Crippen molar-refractivity contribution in [2.45, 2.75) is 31.6 Å². The molecule has 1 fully saturated rings. The molecule has 6 nitrogen and oxygen atoms in total. The van der Waals surface area contributed by atoms with Crippen molar-refractivity contribution in [2.75, 3.05) is 19.5 Å². The van der Waals surface area contributed by atoms with Gasteiger partial charge in [-0.3, -0.25) is 4.79 Å². The molecule has 1 saturated carbocycles. The fourth-order valence-corrected chi connectivity index (χ4v) is 3.75. The number of amides is 1. The maximum absolute atomic E-state index is 12.1. The number of hydrogen-bond donors (Lipinski definition) is 1. The maximum atomic E-state index is 12.1. The monoisotopic (exact) mass is 411 g/mol. The Kier molecular flexibility index (Phi) is 5.35. The quantitative estimate of drug-likeness (QED) is 0.750. The van der Waals surface area contributed by atoms with Crippen LogP contribution in [0.15, 0.2) is 16.6 Å². The van der Waals surface area contributed by atoms with E-state index in [0.29, 0.717) is 35.4 Å². The van der Waals surface area contributed by atoms with E-state index in [1.807, 2.05) is 12.1 Å². The zero-order chi connectivity index (χ0) is 17.1. The normalized spacial score (nSPS) is 13.6. The van der Waals surface area contributed by atoms with Crippen molar-refractivity contribution in [3.8, 4) is 11.5 Å². The van der Waals surface area contributed by atoms with Gasteiger partial charge in [-0.05, 0) is 37.0 Å². The molecule has 0 saturated heterocycles. The number of carbonyl (C=O) groups excluding carboxylic acids is 1. The summed E-state index contributed by atoms with van der Waals surface area (Å²) in [6.07, 6.45) is 3.29. The highest BCUT2D eigenvalue weighted by molar-refractivity contribution is 9.10. The van der Waals surface area contributed by atoms with Crippen LogP contribution >= 0.6 is 27.3 Å². The number of rotatable bonds is 7. The molecule has 1 heterocycles. The Morgan fingerprint density at radius 1 is 1.29 bits per heavy atom. The Morgan fingerprint density at radius 3 is 2.67 bits per heavy atom. The topological polar surface area (TPSA) is 73.3 Å². The molecule has 0 radical (unpaired) electrons. The summed E-state index contributed by atoms with van der Waals surface area (Å²) >= 11 is 4.97. The first-order valence-electron chi connectivity index (χ1n) is 7.64. The van der Waals surface area contributed by atoms with Crippen molar-refractivity contribution in [1.82, 2.24) is 10.2 Å². The summed E-state index contributed by atoms with van der Waals surface area (Å²) < 4.78 is 11.4. The summed E-state index contributed by atoms with van der Waals surface area (Å²) in [6, 6.07) is 3.73. The van der Waals surface area contributed by atoms with Crippen molar-refractivity contribution in [3.63, 3.8) is 0 Å². The largest absolute Gasteiger partial charge is 0.493 e. The Balaban J connectivity index is 1.59. The van der Waals surface area contributed by atoms with Crippen molar-refractivity contribution < 1.29 is 14.3 Å². The van der Waals surface area contributed by atoms with Crippen LogP contribution in [0.2, 0.25) is 0 Å². The number of aromatic nitrogens is 2. The van der Waals surface area contributed by atoms with E-state index in [9.17, 15) is 4.79 Å². The van der Waals surface area contributed by atoms with Gasteiger partial charge in [-0.1, -0.05) is 27.3 Å². The summed E-state index contributed by atoms with van der Waals surface area (Å²) in [5.41, 5.74) is 0.985. The maximum Gasteiger partial charge on any atom is 0.226 e. The Morgan fingerprint density at radius 2 is 2.00 bits per heavy atom. The average Bonchev–Trinajstić information content (AvgIpc) is 3.33. The SMILES string of the molecule is COc1cc(Br)c(CCC(=O)Nc2nnc(C3CC3)s2)cc1OC. The molecule has 1 aliphatic rings. The van der Waals surface area contributed by atoms with Gasteiger partial charge in [-0.15, -0.1) is 10.2 Å². The van der Waals surface area contributed by atoms with E-state index in [1.165, 1.54) is 24.2 Å². The molecule has 0 aliphatic heterocycles. The van der Waals surface area contributed by atoms with Gasteiger partial charge in [0.15, 0.2) is 11.5 Å². The number of carbonyl (C=O) groups is 1. The fourth-order valence-electron chi connectivity index (χ4n) is 2.30. The molecule has 0 spiro atoms. The van der Waals surface area contributed by atoms with E-state index < -0.39 is 0 Å². The molecule has 0 unspecified atom stereocenters. The van der Waals surface area contributed by atoms with E-state index in [-0.39, 0.29) is 5.91 Å². The summed E-state index contributed by atoms with van der Waals surface area (Å²) in [4.78, 5) is 12.1. The van der Waals surface area contributed by atoms with Crippen molar-refractivity contribution in [2.24, 2.45) is 0 Å². The molecule has 1 aliphatic carbocycles. The smallest absolute Gasteiger partial charge is 0.226 e. The highest BCUT2D eigenvalue weighted by Gasteiger charge is 2.27. The standard InChI is InChI=1S/C16H18BrN3O3S/c1-22-12-7-10(11(17)8-13(12)23-2)5-6-14(21)18-16-20-19-15(24-16)9-3-4-9/h7-9H,3-6H2,1-2H3,(H,18,20,21). The van der Waals surface area contributed by atoms with Crippen molar-refractivity contribution >= 4 is 38.3 Å². The van der Waals surface area contributed by atoms with Gasteiger partial charge in [-0.25, -0.2) is 0 Å². The van der Waals surface area contributed by atoms with Gasteiger partial charge in [0.2, 0.25) is 11.0 Å². The van der Waals surface area contributed by atoms with E-state index in [4.69, 9.17) is 9.47 Å². The van der Waals surface area contributed by atoms with Gasteiger partial charge in [0, 0.05) is 16.8 Å². The van der Waals surface area contributed by atoms with Gasteiger partial charge in [0.25, 0.3) is 0 Å². The van der Waals surface area contributed by atoms with E-state index >= 15 is 0 Å². The molecule has 1 aromatic heterocycles. The minimum absolute atomic E-state index is 0.0739. The number of methoxy groups -OCH3 is 2. The van der Waals surface area contributed by atoms with E-state index in [1.54, 1.807) is 14.2 Å². The van der Waals surface area contributed by atoms with Crippen LogP contribution in [-0.4, -0.2) is 30.3 Å². The number of anilines is 1. The van der Waals surface area contributed by atoms with Crippen LogP contribution in [0.5, 0.6) is 11.5 Å². The first-order chi connectivity index (χ1) is 11.6. The van der Waals surface area contributed by atoms with Crippen LogP contribution in [0.4, 0.5) is 5.13 Å². The van der Waals surface area contributed by atoms with E-state index in [0.717, 1.165) is 15.0 Å². The lowest BCUT2D eigenvalue weighted by Gasteiger charge is -2.11. The molecule has 2 aromatic rings. The highest BCUT2D eigenvalue weighted by Crippen LogP contribution is 2.42. The van der Waals surface area contributed by atoms with Gasteiger partial charge < -0.3 is 14.8 Å². The summed E-state index contributed by atoms with van der Waals surface area (Å²) in [7, 11) is 3.19. The zero-order valence-electron chi connectivity index (χ0n) is 13.5. The lowest BCUT2D eigenvalue weighted by atomic mass is 10.1. The molecule has 8 heteroatoms. The number of nitrogens with one attached hydrogen (secondary N) is 1. The lowest BCUT2D eigenvalue weighted by Crippen LogP contribution is -2.12. The Labute approximate surface area is 152 Å². The summed E-state index contributed by atoms with van der Waals surface area (Å²) in [5.74, 6) is 1.78. The van der Waals surface area contributed by atoms with Crippen LogP contribution in [0.1, 0.15) is 35.8 Å². The molecular formula is C16H18BrN3O3S. The average molecular weight is 412 g/mol. The van der Waals surface area contributed by atoms with Gasteiger partial charge in [0.05, 0.1) is 14.2 Å². The molecule has 1 aromatic carbocycles. The predicted octanol–water partition coefficient (Wildman–Crippen LogP) is 3.77. The fraction of sp³-hybridized carbons (Fsp3) is 0.438. The second-order valence-corrected chi connectivity index (χ2v) is 7.43. The van der Waals surface area contributed by atoms with Crippen LogP contribution in [0, 0.1) is 0 Å². The first-order valence-corrected chi connectivity index (χ1v) is 9.25. The van der Waals surface area contributed by atoms with Gasteiger partial charge in [0.1, 0.15) is 5.01 Å². The van der Waals surface area contributed by atoms with Crippen molar-refractivity contribution in [3.05, 3.63) is 27.2 Å². The van der Waals surface area contributed by atoms with Gasteiger partial charge >= 0.3 is 0 Å². The third-order valence-corrected chi connectivity index (χ3v) is 5.53. The van der Waals surface area contributed by atoms with Crippen LogP contribution in [0.3, 0.4) is 0 Å². The molecule has 128 valence electrons. The highest BCUT2D eigenvalue weighted by atomic mass is 79.9. The molecule has 3 rings (SSSR count). The number of ether oxygens (including phenoxy) is 2. The number of aryl methyl sites for hydroxylation is 1. The number of halogens is 1. The molecule has 1 amide bonds. The van der Waals surface area contributed by atoms with Crippen molar-refractivity contribution in [1.29, 1.82) is 0 Å². The lowest BCUT2D eigenvalue weighted by molar-refractivity contribution is -0.116. The molecule has 24 heavy (non-hydrogen) atoms. The van der Waals surface area contributed by atoms with Crippen LogP contribution in [-0.2, 0) is 11.2 Å². The molecular weight excluding hydrogens is 394 g/mol. The van der Waals surface area contributed by atoms with Gasteiger partial charge in [-0.2, -0.15) is 0 Å².